The van der Waals surface area contributed by atoms with Gasteiger partial charge in [-0.05, 0) is 25.1 Å². The molecule has 0 fully saturated rings. The van der Waals surface area contributed by atoms with Gasteiger partial charge in [0.2, 0.25) is 0 Å². The summed E-state index contributed by atoms with van der Waals surface area (Å²) < 4.78 is 37.4. The molecule has 1 nitrogen and oxygen atoms in total. The standard InChI is InChI=1S/C9H9BrF3N/c1-2-14-8-4-6(9(11,12)13)3-7(10)5-8/h3-5,14H,2H2,1H3. The first-order valence-electron chi connectivity index (χ1n) is 4.05. The molecule has 0 atom stereocenters. The fourth-order valence-corrected chi connectivity index (χ4v) is 1.55. The maximum atomic E-state index is 12.3. The smallest absolute Gasteiger partial charge is 0.385 e. The summed E-state index contributed by atoms with van der Waals surface area (Å²) in [4.78, 5) is 0. The van der Waals surface area contributed by atoms with Gasteiger partial charge >= 0.3 is 6.18 Å². The van der Waals surface area contributed by atoms with Crippen molar-refractivity contribution in [2.45, 2.75) is 13.1 Å². The van der Waals surface area contributed by atoms with E-state index in [1.165, 1.54) is 0 Å². The molecule has 1 N–H and O–H groups in total. The molecule has 14 heavy (non-hydrogen) atoms. The Kier molecular flexibility index (Phi) is 3.42. The minimum Gasteiger partial charge on any atom is -0.385 e. The summed E-state index contributed by atoms with van der Waals surface area (Å²) >= 11 is 3.04. The van der Waals surface area contributed by atoms with Crippen LogP contribution in [0.5, 0.6) is 0 Å². The van der Waals surface area contributed by atoms with Crippen LogP contribution in [0, 0.1) is 0 Å². The summed E-state index contributed by atoms with van der Waals surface area (Å²) in [5, 5.41) is 2.83. The maximum Gasteiger partial charge on any atom is 0.416 e. The molecular formula is C9H9BrF3N. The lowest BCUT2D eigenvalue weighted by molar-refractivity contribution is -0.137. The molecule has 1 aromatic carbocycles. The number of hydrogen-bond donors (Lipinski definition) is 1. The van der Waals surface area contributed by atoms with Crippen molar-refractivity contribution >= 4 is 21.6 Å². The van der Waals surface area contributed by atoms with E-state index < -0.39 is 11.7 Å². The van der Waals surface area contributed by atoms with Crippen LogP contribution in [0.15, 0.2) is 22.7 Å². The Morgan fingerprint density at radius 2 is 1.93 bits per heavy atom. The van der Waals surface area contributed by atoms with Crippen LogP contribution < -0.4 is 5.32 Å². The van der Waals surface area contributed by atoms with Crippen molar-refractivity contribution in [3.05, 3.63) is 28.2 Å². The highest BCUT2D eigenvalue weighted by molar-refractivity contribution is 9.10. The second-order valence-electron chi connectivity index (χ2n) is 2.76. The van der Waals surface area contributed by atoms with Crippen molar-refractivity contribution in [3.8, 4) is 0 Å². The predicted molar refractivity (Wildman–Crippen MR) is 53.3 cm³/mol. The average Bonchev–Trinajstić information content (AvgIpc) is 2.02. The first-order chi connectivity index (χ1) is 6.43. The highest BCUT2D eigenvalue weighted by atomic mass is 79.9. The Morgan fingerprint density at radius 1 is 1.29 bits per heavy atom. The quantitative estimate of drug-likeness (QED) is 0.857. The Morgan fingerprint density at radius 3 is 2.43 bits per heavy atom. The van der Waals surface area contributed by atoms with E-state index in [1.807, 2.05) is 6.92 Å². The minimum atomic E-state index is -4.30. The van der Waals surface area contributed by atoms with E-state index in [9.17, 15) is 13.2 Å². The third-order valence-electron chi connectivity index (χ3n) is 1.61. The number of halogens is 4. The molecule has 0 heterocycles. The monoisotopic (exact) mass is 267 g/mol. The number of hydrogen-bond acceptors (Lipinski definition) is 1. The number of anilines is 1. The van der Waals surface area contributed by atoms with Crippen LogP contribution in [0.3, 0.4) is 0 Å². The molecule has 0 amide bonds. The van der Waals surface area contributed by atoms with Gasteiger partial charge in [-0.3, -0.25) is 0 Å². The Labute approximate surface area is 88.4 Å². The van der Waals surface area contributed by atoms with Crippen LogP contribution in [-0.2, 0) is 6.18 Å². The highest BCUT2D eigenvalue weighted by Crippen LogP contribution is 2.33. The van der Waals surface area contributed by atoms with Crippen molar-refractivity contribution in [1.82, 2.24) is 0 Å². The molecule has 0 spiro atoms. The van der Waals surface area contributed by atoms with Crippen LogP contribution in [0.1, 0.15) is 12.5 Å². The molecule has 0 saturated heterocycles. The predicted octanol–water partition coefficient (Wildman–Crippen LogP) is 3.90. The van der Waals surface area contributed by atoms with Crippen molar-refractivity contribution in [1.29, 1.82) is 0 Å². The van der Waals surface area contributed by atoms with Gasteiger partial charge < -0.3 is 5.32 Å². The molecule has 0 aliphatic heterocycles. The molecule has 0 aliphatic carbocycles. The van der Waals surface area contributed by atoms with Gasteiger partial charge in [0.15, 0.2) is 0 Å². The van der Waals surface area contributed by atoms with Crippen LogP contribution in [0.4, 0.5) is 18.9 Å². The lowest BCUT2D eigenvalue weighted by atomic mass is 10.2. The zero-order chi connectivity index (χ0) is 10.8. The summed E-state index contributed by atoms with van der Waals surface area (Å²) in [6, 6.07) is 3.76. The number of rotatable bonds is 2. The summed E-state index contributed by atoms with van der Waals surface area (Å²) in [5.41, 5.74) is -0.183. The molecular weight excluding hydrogens is 259 g/mol. The van der Waals surface area contributed by atoms with Crippen molar-refractivity contribution in [2.75, 3.05) is 11.9 Å². The molecule has 0 radical (unpaired) electrons. The minimum absolute atomic E-state index is 0.420. The number of alkyl halides is 3. The van der Waals surface area contributed by atoms with Gasteiger partial charge in [0, 0.05) is 16.7 Å². The molecule has 0 saturated carbocycles. The van der Waals surface area contributed by atoms with Gasteiger partial charge in [-0.25, -0.2) is 0 Å². The zero-order valence-electron chi connectivity index (χ0n) is 7.45. The van der Waals surface area contributed by atoms with Crippen molar-refractivity contribution in [3.63, 3.8) is 0 Å². The fraction of sp³-hybridized carbons (Fsp3) is 0.333. The van der Waals surface area contributed by atoms with E-state index in [1.54, 1.807) is 6.07 Å². The molecule has 0 aromatic heterocycles. The van der Waals surface area contributed by atoms with E-state index in [-0.39, 0.29) is 0 Å². The van der Waals surface area contributed by atoms with Gasteiger partial charge in [-0.2, -0.15) is 13.2 Å². The second kappa shape index (κ2) is 4.21. The number of benzene rings is 1. The summed E-state index contributed by atoms with van der Waals surface area (Å²) in [7, 11) is 0. The van der Waals surface area contributed by atoms with E-state index >= 15 is 0 Å². The topological polar surface area (TPSA) is 12.0 Å². The van der Waals surface area contributed by atoms with E-state index in [0.717, 1.165) is 12.1 Å². The Balaban J connectivity index is 3.07. The largest absolute Gasteiger partial charge is 0.416 e. The van der Waals surface area contributed by atoms with Crippen LogP contribution >= 0.6 is 15.9 Å². The van der Waals surface area contributed by atoms with Crippen LogP contribution in [0.25, 0.3) is 0 Å². The van der Waals surface area contributed by atoms with Gasteiger partial charge in [-0.15, -0.1) is 0 Å². The molecule has 5 heteroatoms. The van der Waals surface area contributed by atoms with Gasteiger partial charge in [-0.1, -0.05) is 15.9 Å². The molecule has 0 bridgehead atoms. The molecule has 0 aliphatic rings. The molecule has 78 valence electrons. The third kappa shape index (κ3) is 2.90. The Hall–Kier alpha value is -0.710. The fourth-order valence-electron chi connectivity index (χ4n) is 1.06. The summed E-state index contributed by atoms with van der Waals surface area (Å²) in [6.45, 7) is 2.42. The van der Waals surface area contributed by atoms with Gasteiger partial charge in [0.25, 0.3) is 0 Å². The lowest BCUT2D eigenvalue weighted by Crippen LogP contribution is -2.06. The molecule has 0 unspecified atom stereocenters. The highest BCUT2D eigenvalue weighted by Gasteiger charge is 2.30. The normalized spacial score (nSPS) is 11.5. The Bertz CT molecular complexity index is 322. The van der Waals surface area contributed by atoms with E-state index in [4.69, 9.17) is 0 Å². The van der Waals surface area contributed by atoms with Crippen LogP contribution in [0.2, 0.25) is 0 Å². The van der Waals surface area contributed by atoms with Crippen molar-refractivity contribution in [2.24, 2.45) is 0 Å². The van der Waals surface area contributed by atoms with Gasteiger partial charge in [0.1, 0.15) is 0 Å². The average molecular weight is 268 g/mol. The SMILES string of the molecule is CCNc1cc(Br)cc(C(F)(F)F)c1. The lowest BCUT2D eigenvalue weighted by Gasteiger charge is -2.10. The van der Waals surface area contributed by atoms with Crippen LogP contribution in [-0.4, -0.2) is 6.54 Å². The van der Waals surface area contributed by atoms with E-state index in [2.05, 4.69) is 21.2 Å². The van der Waals surface area contributed by atoms with E-state index in [0.29, 0.717) is 16.7 Å². The van der Waals surface area contributed by atoms with Crippen molar-refractivity contribution < 1.29 is 13.2 Å². The molecule has 1 rings (SSSR count). The summed E-state index contributed by atoms with van der Waals surface area (Å²) in [5.74, 6) is 0. The maximum absolute atomic E-state index is 12.3. The second-order valence-corrected chi connectivity index (χ2v) is 3.67. The first-order valence-corrected chi connectivity index (χ1v) is 4.84. The zero-order valence-corrected chi connectivity index (χ0v) is 9.04. The summed E-state index contributed by atoms with van der Waals surface area (Å²) in [6.07, 6.45) is -4.30. The third-order valence-corrected chi connectivity index (χ3v) is 2.06. The number of nitrogens with one attached hydrogen (secondary N) is 1. The van der Waals surface area contributed by atoms with Gasteiger partial charge in [0.05, 0.1) is 5.56 Å². The first kappa shape index (κ1) is 11.4. The molecule has 1 aromatic rings.